The Bertz CT molecular complexity index is 470. The Labute approximate surface area is 107 Å². The van der Waals surface area contributed by atoms with E-state index in [2.05, 4.69) is 21.8 Å². The van der Waals surface area contributed by atoms with Crippen molar-refractivity contribution in [1.29, 1.82) is 0 Å². The lowest BCUT2D eigenvalue weighted by atomic mass is 10.3. The minimum absolute atomic E-state index is 0.0274. The molecule has 1 N–H and O–H groups in total. The van der Waals surface area contributed by atoms with Crippen LogP contribution in [0.3, 0.4) is 0 Å². The second-order valence-electron chi connectivity index (χ2n) is 4.02. The number of rotatable bonds is 5. The van der Waals surface area contributed by atoms with E-state index in [0.29, 0.717) is 0 Å². The Kier molecular flexibility index (Phi) is 4.25. The van der Waals surface area contributed by atoms with Crippen molar-refractivity contribution in [1.82, 2.24) is 9.97 Å². The van der Waals surface area contributed by atoms with Crippen molar-refractivity contribution in [3.05, 3.63) is 54.0 Å². The van der Waals surface area contributed by atoms with Crippen molar-refractivity contribution in [3.63, 3.8) is 0 Å². The first-order valence-corrected chi connectivity index (χ1v) is 6.04. The van der Waals surface area contributed by atoms with Gasteiger partial charge in [0.15, 0.2) is 0 Å². The average Bonchev–Trinajstić information content (AvgIpc) is 2.46. The summed E-state index contributed by atoms with van der Waals surface area (Å²) in [6.45, 7) is 3.72. The Hall–Kier alpha value is -1.94. The quantitative estimate of drug-likeness (QED) is 0.872. The number of aliphatic hydroxyl groups excluding tert-OH is 1. The molecule has 4 heteroatoms. The van der Waals surface area contributed by atoms with Crippen LogP contribution in [0, 0.1) is 0 Å². The number of hydrogen-bond acceptors (Lipinski definition) is 4. The number of anilines is 1. The van der Waals surface area contributed by atoms with Gasteiger partial charge in [0.1, 0.15) is 5.82 Å². The number of aliphatic hydroxyl groups is 1. The maximum atomic E-state index is 9.00. The molecule has 2 aromatic rings. The number of nitrogens with zero attached hydrogens (tertiary/aromatic N) is 3. The largest absolute Gasteiger partial charge is 0.392 e. The summed E-state index contributed by atoms with van der Waals surface area (Å²) in [6.07, 6.45) is 3.50. The minimum Gasteiger partial charge on any atom is -0.392 e. The van der Waals surface area contributed by atoms with Gasteiger partial charge in [-0.25, -0.2) is 4.98 Å². The Morgan fingerprint density at radius 2 is 2.06 bits per heavy atom. The van der Waals surface area contributed by atoms with Crippen LogP contribution in [0.1, 0.15) is 18.2 Å². The van der Waals surface area contributed by atoms with Crippen LogP contribution in [0.15, 0.2) is 42.7 Å². The van der Waals surface area contributed by atoms with E-state index in [0.717, 1.165) is 30.2 Å². The summed E-state index contributed by atoms with van der Waals surface area (Å²) in [5.74, 6) is 0.903. The van der Waals surface area contributed by atoms with E-state index in [4.69, 9.17) is 5.11 Å². The van der Waals surface area contributed by atoms with E-state index in [9.17, 15) is 0 Å². The summed E-state index contributed by atoms with van der Waals surface area (Å²) in [7, 11) is 0. The van der Waals surface area contributed by atoms with E-state index in [-0.39, 0.29) is 6.61 Å². The Balaban J connectivity index is 2.12. The van der Waals surface area contributed by atoms with Gasteiger partial charge < -0.3 is 10.0 Å². The van der Waals surface area contributed by atoms with Gasteiger partial charge >= 0.3 is 0 Å². The highest BCUT2D eigenvalue weighted by Gasteiger charge is 2.07. The predicted octanol–water partition coefficient (Wildman–Crippen LogP) is 2.00. The molecule has 2 heterocycles. The van der Waals surface area contributed by atoms with E-state index in [1.165, 1.54) is 0 Å². The van der Waals surface area contributed by atoms with Crippen molar-refractivity contribution in [2.24, 2.45) is 0 Å². The average molecular weight is 243 g/mol. The van der Waals surface area contributed by atoms with Gasteiger partial charge in [-0.05, 0) is 30.7 Å². The molecule has 0 radical (unpaired) electrons. The molecule has 4 nitrogen and oxygen atoms in total. The smallest absolute Gasteiger partial charge is 0.128 e. The van der Waals surface area contributed by atoms with Crippen molar-refractivity contribution < 1.29 is 5.11 Å². The molecular formula is C14H17N3O. The molecule has 0 atom stereocenters. The third-order valence-corrected chi connectivity index (χ3v) is 2.78. The van der Waals surface area contributed by atoms with Crippen LogP contribution in [0.2, 0.25) is 0 Å². The van der Waals surface area contributed by atoms with Gasteiger partial charge in [0.2, 0.25) is 0 Å². The molecule has 0 spiro atoms. The molecule has 0 aromatic carbocycles. The van der Waals surface area contributed by atoms with Crippen molar-refractivity contribution >= 4 is 5.82 Å². The maximum Gasteiger partial charge on any atom is 0.128 e. The summed E-state index contributed by atoms with van der Waals surface area (Å²) in [6, 6.07) is 9.72. The molecule has 0 aliphatic rings. The summed E-state index contributed by atoms with van der Waals surface area (Å²) < 4.78 is 0. The first-order chi connectivity index (χ1) is 8.83. The van der Waals surface area contributed by atoms with Crippen molar-refractivity contribution in [3.8, 4) is 0 Å². The summed E-state index contributed by atoms with van der Waals surface area (Å²) >= 11 is 0. The molecule has 2 aromatic heterocycles. The molecule has 2 rings (SSSR count). The maximum absolute atomic E-state index is 9.00. The lowest BCUT2D eigenvalue weighted by molar-refractivity contribution is 0.281. The van der Waals surface area contributed by atoms with Crippen molar-refractivity contribution in [2.75, 3.05) is 11.4 Å². The highest BCUT2D eigenvalue weighted by molar-refractivity contribution is 5.39. The highest BCUT2D eigenvalue weighted by atomic mass is 16.3. The Morgan fingerprint density at radius 1 is 1.17 bits per heavy atom. The number of hydrogen-bond donors (Lipinski definition) is 1. The third kappa shape index (κ3) is 3.05. The first-order valence-electron chi connectivity index (χ1n) is 6.04. The summed E-state index contributed by atoms with van der Waals surface area (Å²) in [5, 5.41) is 9.00. The fraction of sp³-hybridized carbons (Fsp3) is 0.286. The monoisotopic (exact) mass is 243 g/mol. The molecule has 0 saturated heterocycles. The van der Waals surface area contributed by atoms with Crippen LogP contribution in [-0.4, -0.2) is 21.6 Å². The van der Waals surface area contributed by atoms with Gasteiger partial charge in [-0.1, -0.05) is 12.1 Å². The topological polar surface area (TPSA) is 49.2 Å². The fourth-order valence-electron chi connectivity index (χ4n) is 1.74. The summed E-state index contributed by atoms with van der Waals surface area (Å²) in [4.78, 5) is 10.8. The Morgan fingerprint density at radius 3 is 2.61 bits per heavy atom. The molecule has 0 aliphatic carbocycles. The second kappa shape index (κ2) is 6.12. The van der Waals surface area contributed by atoms with Gasteiger partial charge in [0.05, 0.1) is 18.8 Å². The molecule has 0 amide bonds. The van der Waals surface area contributed by atoms with Gasteiger partial charge in [-0.3, -0.25) is 4.98 Å². The zero-order valence-corrected chi connectivity index (χ0v) is 10.5. The highest BCUT2D eigenvalue weighted by Crippen LogP contribution is 2.13. The van der Waals surface area contributed by atoms with Crippen molar-refractivity contribution in [2.45, 2.75) is 20.1 Å². The van der Waals surface area contributed by atoms with Crippen LogP contribution in [0.5, 0.6) is 0 Å². The van der Waals surface area contributed by atoms with E-state index in [1.807, 2.05) is 30.3 Å². The predicted molar refractivity (Wildman–Crippen MR) is 71.1 cm³/mol. The van der Waals surface area contributed by atoms with Crippen LogP contribution < -0.4 is 4.90 Å². The fourth-order valence-corrected chi connectivity index (χ4v) is 1.74. The lowest BCUT2D eigenvalue weighted by Crippen LogP contribution is -2.23. The normalized spacial score (nSPS) is 10.3. The molecule has 18 heavy (non-hydrogen) atoms. The van der Waals surface area contributed by atoms with Gasteiger partial charge in [-0.15, -0.1) is 0 Å². The molecule has 94 valence electrons. The first kappa shape index (κ1) is 12.5. The van der Waals surface area contributed by atoms with Gasteiger partial charge in [0, 0.05) is 18.9 Å². The second-order valence-corrected chi connectivity index (χ2v) is 4.02. The van der Waals surface area contributed by atoms with Crippen LogP contribution in [0.4, 0.5) is 5.82 Å². The molecular weight excluding hydrogens is 226 g/mol. The van der Waals surface area contributed by atoms with Crippen LogP contribution in [-0.2, 0) is 13.2 Å². The zero-order chi connectivity index (χ0) is 12.8. The van der Waals surface area contributed by atoms with E-state index in [1.54, 1.807) is 12.4 Å². The van der Waals surface area contributed by atoms with Crippen LogP contribution >= 0.6 is 0 Å². The summed E-state index contributed by atoms with van der Waals surface area (Å²) in [5.41, 5.74) is 1.85. The van der Waals surface area contributed by atoms with Crippen LogP contribution in [0.25, 0.3) is 0 Å². The molecule has 0 saturated carbocycles. The minimum atomic E-state index is 0.0274. The zero-order valence-electron chi connectivity index (χ0n) is 10.5. The standard InChI is InChI=1S/C14H17N3O/c1-2-17(10-13-5-3-4-8-15-13)14-7-6-12(11-18)9-16-14/h3-9,18H,2,10-11H2,1H3. The third-order valence-electron chi connectivity index (χ3n) is 2.78. The lowest BCUT2D eigenvalue weighted by Gasteiger charge is -2.21. The van der Waals surface area contributed by atoms with Gasteiger partial charge in [-0.2, -0.15) is 0 Å². The number of pyridine rings is 2. The SMILES string of the molecule is CCN(Cc1ccccn1)c1ccc(CO)cn1. The molecule has 0 aliphatic heterocycles. The molecule has 0 bridgehead atoms. The van der Waals surface area contributed by atoms with E-state index >= 15 is 0 Å². The van der Waals surface area contributed by atoms with Gasteiger partial charge in [0.25, 0.3) is 0 Å². The molecule has 0 fully saturated rings. The molecule has 0 unspecified atom stereocenters. The van der Waals surface area contributed by atoms with E-state index < -0.39 is 0 Å². The number of aromatic nitrogens is 2.